The molecule has 2 heterocycles. The van der Waals surface area contributed by atoms with E-state index in [1.807, 2.05) is 36.4 Å². The molecule has 4 rings (SSSR count). The van der Waals surface area contributed by atoms with Gasteiger partial charge in [0, 0.05) is 31.2 Å². The highest BCUT2D eigenvalue weighted by Crippen LogP contribution is 2.30. The third-order valence-electron chi connectivity index (χ3n) is 7.13. The molecule has 208 valence electrons. The number of benzene rings is 2. The lowest BCUT2D eigenvalue weighted by Crippen LogP contribution is -2.43. The highest BCUT2D eigenvalue weighted by Gasteiger charge is 2.31. The minimum atomic E-state index is -0.311. The zero-order valence-electron chi connectivity index (χ0n) is 23.1. The van der Waals surface area contributed by atoms with Crippen molar-refractivity contribution in [2.24, 2.45) is 5.92 Å². The highest BCUT2D eigenvalue weighted by molar-refractivity contribution is 5.92. The van der Waals surface area contributed by atoms with Gasteiger partial charge in [-0.15, -0.1) is 0 Å². The van der Waals surface area contributed by atoms with Crippen LogP contribution in [0.1, 0.15) is 60.2 Å². The number of hydrogen-bond donors (Lipinski definition) is 0. The maximum Gasteiger partial charge on any atom is 0.310 e. The molecule has 1 aromatic heterocycles. The van der Waals surface area contributed by atoms with Crippen LogP contribution in [0, 0.1) is 5.92 Å². The topological polar surface area (TPSA) is 94.3 Å². The summed E-state index contributed by atoms with van der Waals surface area (Å²) in [5.41, 5.74) is 2.34. The Labute approximate surface area is 229 Å². The molecule has 2 atom stereocenters. The molecule has 0 saturated carbocycles. The second kappa shape index (κ2) is 13.3. The van der Waals surface area contributed by atoms with Gasteiger partial charge in [0.1, 0.15) is 17.8 Å². The van der Waals surface area contributed by atoms with Gasteiger partial charge < -0.3 is 23.5 Å². The molecule has 0 radical (unpaired) electrons. The number of nitrogens with zero attached hydrogens (tertiary/aromatic N) is 3. The van der Waals surface area contributed by atoms with Gasteiger partial charge in [-0.3, -0.25) is 14.5 Å². The van der Waals surface area contributed by atoms with Gasteiger partial charge in [-0.1, -0.05) is 30.3 Å². The van der Waals surface area contributed by atoms with Crippen LogP contribution in [0.5, 0.6) is 11.5 Å². The van der Waals surface area contributed by atoms with Crippen molar-refractivity contribution in [1.29, 1.82) is 0 Å². The van der Waals surface area contributed by atoms with Crippen LogP contribution in [0.25, 0.3) is 0 Å². The molecule has 1 amide bonds. The maximum absolute atomic E-state index is 13.2. The Hall–Kier alpha value is -3.85. The van der Waals surface area contributed by atoms with Crippen LogP contribution in [0.4, 0.5) is 0 Å². The third-order valence-corrected chi connectivity index (χ3v) is 7.13. The summed E-state index contributed by atoms with van der Waals surface area (Å²) in [7, 11) is 3.29. The molecule has 9 heteroatoms. The number of esters is 1. The van der Waals surface area contributed by atoms with Crippen LogP contribution in [0.15, 0.2) is 59.2 Å². The fraction of sp³-hybridized carbons (Fsp3) is 0.433. The van der Waals surface area contributed by atoms with Crippen molar-refractivity contribution < 1.29 is 28.2 Å². The van der Waals surface area contributed by atoms with Gasteiger partial charge >= 0.3 is 5.97 Å². The number of hydrogen-bond acceptors (Lipinski definition) is 8. The van der Waals surface area contributed by atoms with Crippen molar-refractivity contribution in [3.8, 4) is 11.5 Å². The van der Waals surface area contributed by atoms with Crippen molar-refractivity contribution in [1.82, 2.24) is 14.8 Å². The van der Waals surface area contributed by atoms with Gasteiger partial charge in [-0.2, -0.15) is 0 Å². The van der Waals surface area contributed by atoms with Crippen LogP contribution in [0.2, 0.25) is 0 Å². The summed E-state index contributed by atoms with van der Waals surface area (Å²) in [6.07, 6.45) is 2.86. The molecule has 1 aliphatic heterocycles. The molecule has 39 heavy (non-hydrogen) atoms. The van der Waals surface area contributed by atoms with Gasteiger partial charge in [-0.05, 0) is 50.5 Å². The Morgan fingerprint density at radius 2 is 1.92 bits per heavy atom. The first-order valence-electron chi connectivity index (χ1n) is 13.3. The normalized spacial score (nSPS) is 16.1. The molecule has 0 bridgehead atoms. The zero-order valence-corrected chi connectivity index (χ0v) is 23.1. The molecule has 1 fully saturated rings. The Morgan fingerprint density at radius 1 is 1.13 bits per heavy atom. The summed E-state index contributed by atoms with van der Waals surface area (Å²) in [4.78, 5) is 33.9. The second-order valence-corrected chi connectivity index (χ2v) is 9.64. The molecule has 0 spiro atoms. The first-order chi connectivity index (χ1) is 18.9. The predicted molar refractivity (Wildman–Crippen MR) is 145 cm³/mol. The Bertz CT molecular complexity index is 1240. The fourth-order valence-corrected chi connectivity index (χ4v) is 4.93. The van der Waals surface area contributed by atoms with E-state index in [0.29, 0.717) is 45.1 Å². The summed E-state index contributed by atoms with van der Waals surface area (Å²) in [5, 5.41) is 0. The molecule has 1 saturated heterocycles. The number of aromatic nitrogens is 1. The Balaban J connectivity index is 1.53. The van der Waals surface area contributed by atoms with Gasteiger partial charge in [0.25, 0.3) is 5.91 Å². The molecule has 0 aliphatic carbocycles. The predicted octanol–water partition coefficient (Wildman–Crippen LogP) is 4.87. The third kappa shape index (κ3) is 6.97. The molecule has 2 unspecified atom stereocenters. The quantitative estimate of drug-likeness (QED) is 0.321. The largest absolute Gasteiger partial charge is 0.497 e. The summed E-state index contributed by atoms with van der Waals surface area (Å²) in [6.45, 7) is 6.05. The van der Waals surface area contributed by atoms with E-state index in [4.69, 9.17) is 18.6 Å². The molecule has 1 aliphatic rings. The monoisotopic (exact) mass is 535 g/mol. The lowest BCUT2D eigenvalue weighted by Gasteiger charge is -2.31. The molecular weight excluding hydrogens is 498 g/mol. The standard InChI is InChI=1S/C30H37N3O6/c1-5-38-30(35)23-12-9-15-32(17-23)29(34)26-20-39-28(31-26)19-33(21(2)22-10-7-6-8-11-22)18-24-16-25(36-3)13-14-27(24)37-4/h6-8,10-11,13-14,16,20-21,23H,5,9,12,15,17-19H2,1-4H3. The van der Waals surface area contributed by atoms with E-state index in [0.717, 1.165) is 29.0 Å². The van der Waals surface area contributed by atoms with Crippen molar-refractivity contribution in [2.75, 3.05) is 33.9 Å². The summed E-state index contributed by atoms with van der Waals surface area (Å²) >= 11 is 0. The lowest BCUT2D eigenvalue weighted by molar-refractivity contribution is -0.149. The van der Waals surface area contributed by atoms with Crippen molar-refractivity contribution >= 4 is 11.9 Å². The fourth-order valence-electron chi connectivity index (χ4n) is 4.93. The SMILES string of the molecule is CCOC(=O)C1CCCN(C(=O)c2coc(CN(Cc3cc(OC)ccc3OC)C(C)c3ccccc3)n2)C1. The number of ether oxygens (including phenoxy) is 3. The highest BCUT2D eigenvalue weighted by atomic mass is 16.5. The van der Waals surface area contributed by atoms with Crippen LogP contribution in [-0.2, 0) is 22.6 Å². The van der Waals surface area contributed by atoms with E-state index < -0.39 is 0 Å². The molecule has 3 aromatic rings. The van der Waals surface area contributed by atoms with Crippen LogP contribution in [0.3, 0.4) is 0 Å². The van der Waals surface area contributed by atoms with Crippen LogP contribution in [-0.4, -0.2) is 60.6 Å². The number of methoxy groups -OCH3 is 2. The van der Waals surface area contributed by atoms with Crippen LogP contribution >= 0.6 is 0 Å². The first kappa shape index (κ1) is 28.2. The molecule has 9 nitrogen and oxygen atoms in total. The smallest absolute Gasteiger partial charge is 0.310 e. The van der Waals surface area contributed by atoms with E-state index in [-0.39, 0.29) is 29.5 Å². The molecule has 2 aromatic carbocycles. The average Bonchev–Trinajstić information content (AvgIpc) is 3.45. The number of carbonyl (C=O) groups is 2. The van der Waals surface area contributed by atoms with Crippen molar-refractivity contribution in [3.05, 3.63) is 77.5 Å². The van der Waals surface area contributed by atoms with E-state index in [1.165, 1.54) is 6.26 Å². The number of rotatable bonds is 11. The number of oxazole rings is 1. The molecule has 0 N–H and O–H groups in total. The first-order valence-corrected chi connectivity index (χ1v) is 13.3. The number of carbonyl (C=O) groups excluding carboxylic acids is 2. The maximum atomic E-state index is 13.2. The van der Waals surface area contributed by atoms with Gasteiger partial charge in [-0.25, -0.2) is 4.98 Å². The lowest BCUT2D eigenvalue weighted by atomic mass is 9.98. The minimum Gasteiger partial charge on any atom is -0.497 e. The van der Waals surface area contributed by atoms with Crippen LogP contribution < -0.4 is 9.47 Å². The van der Waals surface area contributed by atoms with Crippen molar-refractivity contribution in [3.63, 3.8) is 0 Å². The van der Waals surface area contributed by atoms with E-state index in [1.54, 1.807) is 26.0 Å². The van der Waals surface area contributed by atoms with Crippen molar-refractivity contribution in [2.45, 2.75) is 45.8 Å². The Morgan fingerprint density at radius 3 is 2.64 bits per heavy atom. The zero-order chi connectivity index (χ0) is 27.8. The number of amides is 1. The summed E-state index contributed by atoms with van der Waals surface area (Å²) in [6, 6.07) is 15.9. The van der Waals surface area contributed by atoms with Gasteiger partial charge in [0.05, 0.1) is 33.3 Å². The Kier molecular flexibility index (Phi) is 9.59. The van der Waals surface area contributed by atoms with Gasteiger partial charge in [0.2, 0.25) is 5.89 Å². The van der Waals surface area contributed by atoms with E-state index in [9.17, 15) is 9.59 Å². The number of piperidine rings is 1. The molecular formula is C30H37N3O6. The van der Waals surface area contributed by atoms with Gasteiger partial charge in [0.15, 0.2) is 5.69 Å². The summed E-state index contributed by atoms with van der Waals surface area (Å²) < 4.78 is 22.0. The van der Waals surface area contributed by atoms with E-state index >= 15 is 0 Å². The summed E-state index contributed by atoms with van der Waals surface area (Å²) in [5.74, 6) is 1.12. The number of likely N-dealkylation sites (tertiary alicyclic amines) is 1. The van der Waals surface area contributed by atoms with E-state index in [2.05, 4.69) is 28.9 Å². The second-order valence-electron chi connectivity index (χ2n) is 9.64. The minimum absolute atomic E-state index is 0.0144. The average molecular weight is 536 g/mol.